The largest absolute Gasteiger partial charge is 0.462 e. The molecule has 2 N–H and O–H groups in total. The zero-order chi connectivity index (χ0) is 18.7. The molecule has 1 heterocycles. The Bertz CT molecular complexity index is 966. The molecule has 2 aromatic carbocycles. The van der Waals surface area contributed by atoms with Gasteiger partial charge >= 0.3 is 5.97 Å². The lowest BCUT2D eigenvalue weighted by Crippen LogP contribution is -2.13. The Balaban J connectivity index is 2.24. The summed E-state index contributed by atoms with van der Waals surface area (Å²) in [6.45, 7) is 1.90. The number of ether oxygens (including phenoxy) is 1. The van der Waals surface area contributed by atoms with Crippen molar-refractivity contribution in [3.63, 3.8) is 0 Å². The summed E-state index contributed by atoms with van der Waals surface area (Å²) in [6.07, 6.45) is 0. The summed E-state index contributed by atoms with van der Waals surface area (Å²) in [4.78, 5) is 26.2. The Morgan fingerprint density at radius 3 is 2.46 bits per heavy atom. The number of nitrogens with two attached hydrogens (primary N) is 1. The number of halogens is 1. The lowest BCUT2D eigenvalue weighted by Gasteiger charge is -2.08. The van der Waals surface area contributed by atoms with E-state index in [1.165, 1.54) is 11.3 Å². The van der Waals surface area contributed by atoms with Crippen molar-refractivity contribution in [2.75, 3.05) is 12.3 Å². The summed E-state index contributed by atoms with van der Waals surface area (Å²) in [7, 11) is 0. The van der Waals surface area contributed by atoms with Gasteiger partial charge in [0.05, 0.1) is 12.2 Å². The normalized spacial score (nSPS) is 10.5. The third kappa shape index (κ3) is 3.49. The number of esters is 1. The standard InChI is InChI=1S/C20H16ClNO3S/c1-2-25-20(24)16-15(17(23)12-7-4-3-5-8-12)18(26-19(16)22)13-9-6-10-14(21)11-13/h3-11H,2,22H2,1H3. The van der Waals surface area contributed by atoms with E-state index in [0.717, 1.165) is 5.56 Å². The second kappa shape index (κ2) is 7.72. The van der Waals surface area contributed by atoms with E-state index in [2.05, 4.69) is 0 Å². The summed E-state index contributed by atoms with van der Waals surface area (Å²) >= 11 is 7.28. The van der Waals surface area contributed by atoms with Crippen LogP contribution in [-0.4, -0.2) is 18.4 Å². The molecule has 0 saturated carbocycles. The molecule has 1 aromatic heterocycles. The molecule has 0 amide bonds. The second-order valence-corrected chi connectivity index (χ2v) is 6.96. The van der Waals surface area contributed by atoms with Gasteiger partial charge in [0, 0.05) is 15.5 Å². The van der Waals surface area contributed by atoms with Crippen LogP contribution in [0.15, 0.2) is 54.6 Å². The van der Waals surface area contributed by atoms with Crippen LogP contribution in [0.5, 0.6) is 0 Å². The topological polar surface area (TPSA) is 69.4 Å². The maximum absolute atomic E-state index is 13.2. The van der Waals surface area contributed by atoms with Crippen molar-refractivity contribution in [3.05, 3.63) is 76.3 Å². The highest BCUT2D eigenvalue weighted by Crippen LogP contribution is 2.41. The van der Waals surface area contributed by atoms with Crippen molar-refractivity contribution >= 4 is 39.7 Å². The number of nitrogen functional groups attached to an aromatic ring is 1. The molecule has 3 rings (SSSR count). The van der Waals surface area contributed by atoms with Crippen LogP contribution in [-0.2, 0) is 4.74 Å². The number of carbonyl (C=O) groups excluding carboxylic acids is 2. The van der Waals surface area contributed by atoms with Gasteiger partial charge in [0.15, 0.2) is 5.78 Å². The van der Waals surface area contributed by atoms with E-state index in [9.17, 15) is 9.59 Å². The molecule has 0 atom stereocenters. The molecule has 0 aliphatic carbocycles. The highest BCUT2D eigenvalue weighted by Gasteiger charge is 2.29. The van der Waals surface area contributed by atoms with Gasteiger partial charge in [-0.25, -0.2) is 4.79 Å². The van der Waals surface area contributed by atoms with Crippen LogP contribution in [0.1, 0.15) is 33.2 Å². The van der Waals surface area contributed by atoms with Crippen LogP contribution in [0.4, 0.5) is 5.00 Å². The zero-order valence-corrected chi connectivity index (χ0v) is 15.6. The molecule has 0 aliphatic heterocycles. The van der Waals surface area contributed by atoms with E-state index in [1.54, 1.807) is 49.4 Å². The molecule has 3 aromatic rings. The van der Waals surface area contributed by atoms with Crippen molar-refractivity contribution in [2.45, 2.75) is 6.92 Å². The van der Waals surface area contributed by atoms with Crippen molar-refractivity contribution in [1.29, 1.82) is 0 Å². The van der Waals surface area contributed by atoms with Crippen molar-refractivity contribution < 1.29 is 14.3 Å². The van der Waals surface area contributed by atoms with Gasteiger partial charge in [-0.3, -0.25) is 4.79 Å². The average molecular weight is 386 g/mol. The first-order chi connectivity index (χ1) is 12.5. The number of ketones is 1. The van der Waals surface area contributed by atoms with Gasteiger partial charge in [-0.15, -0.1) is 11.3 Å². The summed E-state index contributed by atoms with van der Waals surface area (Å²) in [5, 5.41) is 0.781. The summed E-state index contributed by atoms with van der Waals surface area (Å²) < 4.78 is 5.12. The fraction of sp³-hybridized carbons (Fsp3) is 0.100. The van der Waals surface area contributed by atoms with Crippen LogP contribution in [0.3, 0.4) is 0 Å². The van der Waals surface area contributed by atoms with Crippen LogP contribution in [0.25, 0.3) is 10.4 Å². The summed E-state index contributed by atoms with van der Waals surface area (Å²) in [5.74, 6) is -0.884. The highest BCUT2D eigenvalue weighted by atomic mass is 35.5. The molecule has 0 saturated heterocycles. The summed E-state index contributed by atoms with van der Waals surface area (Å²) in [6, 6.07) is 15.9. The van der Waals surface area contributed by atoms with Crippen molar-refractivity contribution in [2.24, 2.45) is 0 Å². The Labute approximate surface area is 160 Å². The minimum absolute atomic E-state index is 0.112. The molecule has 0 unspecified atom stereocenters. The number of carbonyl (C=O) groups is 2. The quantitative estimate of drug-likeness (QED) is 0.492. The van der Waals surface area contributed by atoms with Crippen LogP contribution >= 0.6 is 22.9 Å². The van der Waals surface area contributed by atoms with Gasteiger partial charge in [-0.05, 0) is 24.6 Å². The van der Waals surface area contributed by atoms with Gasteiger partial charge < -0.3 is 10.5 Å². The smallest absolute Gasteiger partial charge is 0.341 e. The predicted molar refractivity (Wildman–Crippen MR) is 105 cm³/mol. The maximum atomic E-state index is 13.2. The second-order valence-electron chi connectivity index (χ2n) is 5.47. The third-order valence-corrected chi connectivity index (χ3v) is 5.07. The molecular weight excluding hydrogens is 370 g/mol. The molecule has 26 heavy (non-hydrogen) atoms. The number of hydrogen-bond acceptors (Lipinski definition) is 5. The van der Waals surface area contributed by atoms with E-state index >= 15 is 0 Å². The molecule has 0 radical (unpaired) electrons. The fourth-order valence-corrected chi connectivity index (χ4v) is 3.88. The molecule has 4 nitrogen and oxygen atoms in total. The predicted octanol–water partition coefficient (Wildman–Crippen LogP) is 5.06. The molecule has 0 bridgehead atoms. The van der Waals surface area contributed by atoms with Gasteiger partial charge in [-0.2, -0.15) is 0 Å². The molecular formula is C20H16ClNO3S. The van der Waals surface area contributed by atoms with E-state index in [0.29, 0.717) is 15.5 Å². The van der Waals surface area contributed by atoms with E-state index in [-0.39, 0.29) is 28.5 Å². The molecule has 132 valence electrons. The number of hydrogen-bond donors (Lipinski definition) is 1. The number of rotatable bonds is 5. The Morgan fingerprint density at radius 2 is 1.81 bits per heavy atom. The third-order valence-electron chi connectivity index (χ3n) is 3.76. The monoisotopic (exact) mass is 385 g/mol. The first-order valence-corrected chi connectivity index (χ1v) is 9.17. The first-order valence-electron chi connectivity index (χ1n) is 7.98. The van der Waals surface area contributed by atoms with Crippen LogP contribution in [0.2, 0.25) is 5.02 Å². The van der Waals surface area contributed by atoms with Gasteiger partial charge in [0.25, 0.3) is 0 Å². The lowest BCUT2D eigenvalue weighted by molar-refractivity contribution is 0.0525. The SMILES string of the molecule is CCOC(=O)c1c(N)sc(-c2cccc(Cl)c2)c1C(=O)c1ccccc1. The highest BCUT2D eigenvalue weighted by molar-refractivity contribution is 7.20. The van der Waals surface area contributed by atoms with E-state index in [4.69, 9.17) is 22.1 Å². The van der Waals surface area contributed by atoms with E-state index in [1.807, 2.05) is 12.1 Å². The maximum Gasteiger partial charge on any atom is 0.341 e. The number of anilines is 1. The Morgan fingerprint density at radius 1 is 1.08 bits per heavy atom. The van der Waals surface area contributed by atoms with Gasteiger partial charge in [-0.1, -0.05) is 54.1 Å². The van der Waals surface area contributed by atoms with Gasteiger partial charge in [0.2, 0.25) is 0 Å². The minimum Gasteiger partial charge on any atom is -0.462 e. The van der Waals surface area contributed by atoms with Crippen LogP contribution in [0, 0.1) is 0 Å². The number of thiophene rings is 1. The van der Waals surface area contributed by atoms with Crippen molar-refractivity contribution in [1.82, 2.24) is 0 Å². The van der Waals surface area contributed by atoms with Gasteiger partial charge in [0.1, 0.15) is 10.6 Å². The fourth-order valence-electron chi connectivity index (χ4n) is 2.64. The summed E-state index contributed by atoms with van der Waals surface area (Å²) in [5.41, 5.74) is 7.66. The van der Waals surface area contributed by atoms with Crippen molar-refractivity contribution in [3.8, 4) is 10.4 Å². The lowest BCUT2D eigenvalue weighted by atomic mass is 9.97. The Kier molecular flexibility index (Phi) is 5.40. The molecule has 6 heteroatoms. The average Bonchev–Trinajstić information content (AvgIpc) is 2.99. The zero-order valence-electron chi connectivity index (χ0n) is 14.0. The first kappa shape index (κ1) is 18.2. The number of benzene rings is 2. The molecule has 0 fully saturated rings. The Hall–Kier alpha value is -2.63. The van der Waals surface area contributed by atoms with E-state index < -0.39 is 5.97 Å². The molecule has 0 aliphatic rings. The molecule has 0 spiro atoms. The van der Waals surface area contributed by atoms with Crippen LogP contribution < -0.4 is 5.73 Å². The minimum atomic E-state index is -0.603.